The number of carbonyl (C=O) groups is 1. The summed E-state index contributed by atoms with van der Waals surface area (Å²) in [6, 6.07) is 9.84. The summed E-state index contributed by atoms with van der Waals surface area (Å²) < 4.78 is 11.5. The van der Waals surface area contributed by atoms with E-state index in [0.717, 1.165) is 30.9 Å². The Morgan fingerprint density at radius 2 is 1.89 bits per heavy atom. The number of hydrogen-bond donors (Lipinski definition) is 0. The van der Waals surface area contributed by atoms with Crippen molar-refractivity contribution >= 4 is 11.7 Å². The van der Waals surface area contributed by atoms with Gasteiger partial charge in [0.05, 0.1) is 26.2 Å². The Kier molecular flexibility index (Phi) is 5.48. The first-order valence-electron chi connectivity index (χ1n) is 9.41. The van der Waals surface area contributed by atoms with Crippen LogP contribution in [0.5, 0.6) is 5.88 Å². The fourth-order valence-electron chi connectivity index (χ4n) is 3.48. The molecule has 1 amide bonds. The van der Waals surface area contributed by atoms with E-state index in [9.17, 15) is 4.79 Å². The van der Waals surface area contributed by atoms with Gasteiger partial charge in [0.2, 0.25) is 5.91 Å². The van der Waals surface area contributed by atoms with Crippen molar-refractivity contribution in [2.75, 3.05) is 44.3 Å². The van der Waals surface area contributed by atoms with Crippen molar-refractivity contribution in [3.05, 3.63) is 48.3 Å². The molecule has 0 N–H and O–H groups in total. The average molecular weight is 368 g/mol. The third kappa shape index (κ3) is 4.36. The Bertz CT molecular complexity index is 765. The second-order valence-corrected chi connectivity index (χ2v) is 6.82. The Morgan fingerprint density at radius 3 is 2.70 bits per heavy atom. The molecule has 2 fully saturated rings. The molecule has 0 radical (unpaired) electrons. The summed E-state index contributed by atoms with van der Waals surface area (Å²) >= 11 is 0. The lowest BCUT2D eigenvalue weighted by Gasteiger charge is -2.29. The number of ether oxygens (including phenoxy) is 2. The highest BCUT2D eigenvalue weighted by Gasteiger charge is 2.29. The number of nitrogens with zero attached hydrogens (tertiary/aromatic N) is 4. The Hall–Kier alpha value is -2.67. The predicted octanol–water partition coefficient (Wildman–Crippen LogP) is 1.54. The Balaban J connectivity index is 1.37. The van der Waals surface area contributed by atoms with Crippen LogP contribution in [0.4, 0.5) is 5.82 Å². The summed E-state index contributed by atoms with van der Waals surface area (Å²) in [6.07, 6.45) is 4.51. The predicted molar refractivity (Wildman–Crippen MR) is 101 cm³/mol. The molecular formula is C20H24N4O3. The van der Waals surface area contributed by atoms with E-state index in [-0.39, 0.29) is 12.0 Å². The van der Waals surface area contributed by atoms with Gasteiger partial charge in [0.1, 0.15) is 6.10 Å². The van der Waals surface area contributed by atoms with Crippen molar-refractivity contribution in [2.45, 2.75) is 18.9 Å². The number of aromatic nitrogens is 2. The molecule has 1 aromatic heterocycles. The number of amides is 1. The van der Waals surface area contributed by atoms with Crippen LogP contribution in [0.2, 0.25) is 0 Å². The van der Waals surface area contributed by atoms with Crippen molar-refractivity contribution in [2.24, 2.45) is 0 Å². The standard InChI is InChI=1S/C20H24N4O3/c25-18(14-16-4-2-1-3-5-16)24-9-6-17(15-24)27-20-19(21-7-8-22-20)23-10-12-26-13-11-23/h1-5,7-8,17H,6,9-15H2. The molecule has 27 heavy (non-hydrogen) atoms. The molecule has 2 aliphatic heterocycles. The van der Waals surface area contributed by atoms with Crippen LogP contribution in [0.25, 0.3) is 0 Å². The topological polar surface area (TPSA) is 67.8 Å². The molecule has 3 heterocycles. The van der Waals surface area contributed by atoms with Gasteiger partial charge in [-0.15, -0.1) is 0 Å². The highest BCUT2D eigenvalue weighted by molar-refractivity contribution is 5.79. The van der Waals surface area contributed by atoms with E-state index >= 15 is 0 Å². The number of carbonyl (C=O) groups excluding carboxylic acids is 1. The molecule has 1 unspecified atom stereocenters. The molecular weight excluding hydrogens is 344 g/mol. The van der Waals surface area contributed by atoms with Gasteiger partial charge in [-0.2, -0.15) is 0 Å². The molecule has 0 bridgehead atoms. The maximum atomic E-state index is 12.5. The van der Waals surface area contributed by atoms with Gasteiger partial charge < -0.3 is 19.3 Å². The van der Waals surface area contributed by atoms with Gasteiger partial charge in [0.15, 0.2) is 5.82 Å². The first kappa shape index (κ1) is 17.7. The quantitative estimate of drug-likeness (QED) is 0.797. The number of rotatable bonds is 5. The molecule has 4 rings (SSSR count). The summed E-state index contributed by atoms with van der Waals surface area (Å²) in [6.45, 7) is 4.22. The van der Waals surface area contributed by atoms with Crippen LogP contribution < -0.4 is 9.64 Å². The number of benzene rings is 1. The van der Waals surface area contributed by atoms with E-state index in [0.29, 0.717) is 38.6 Å². The van der Waals surface area contributed by atoms with Crippen molar-refractivity contribution in [1.29, 1.82) is 0 Å². The van der Waals surface area contributed by atoms with E-state index in [1.165, 1.54) is 0 Å². The van der Waals surface area contributed by atoms with E-state index in [1.807, 2.05) is 35.2 Å². The molecule has 7 nitrogen and oxygen atoms in total. The number of hydrogen-bond acceptors (Lipinski definition) is 6. The maximum Gasteiger partial charge on any atom is 0.257 e. The number of morpholine rings is 1. The second-order valence-electron chi connectivity index (χ2n) is 6.82. The molecule has 0 saturated carbocycles. The minimum atomic E-state index is -0.0544. The zero-order valence-corrected chi connectivity index (χ0v) is 15.3. The van der Waals surface area contributed by atoms with E-state index in [1.54, 1.807) is 12.4 Å². The zero-order chi connectivity index (χ0) is 18.5. The SMILES string of the molecule is O=C(Cc1ccccc1)N1CCC(Oc2nccnc2N2CCOCC2)C1. The Morgan fingerprint density at radius 1 is 1.11 bits per heavy atom. The van der Waals surface area contributed by atoms with Gasteiger partial charge in [-0.1, -0.05) is 30.3 Å². The average Bonchev–Trinajstić information content (AvgIpc) is 3.19. The van der Waals surface area contributed by atoms with Crippen LogP contribution in [-0.4, -0.2) is 66.3 Å². The van der Waals surface area contributed by atoms with Crippen LogP contribution in [0, 0.1) is 0 Å². The van der Waals surface area contributed by atoms with Crippen LogP contribution in [0.1, 0.15) is 12.0 Å². The maximum absolute atomic E-state index is 12.5. The van der Waals surface area contributed by atoms with Crippen molar-refractivity contribution in [1.82, 2.24) is 14.9 Å². The molecule has 2 aromatic rings. The summed E-state index contributed by atoms with van der Waals surface area (Å²) in [4.78, 5) is 25.4. The first-order valence-corrected chi connectivity index (χ1v) is 9.41. The van der Waals surface area contributed by atoms with E-state index in [2.05, 4.69) is 14.9 Å². The van der Waals surface area contributed by atoms with Crippen LogP contribution in [-0.2, 0) is 16.0 Å². The molecule has 1 atom stereocenters. The summed E-state index contributed by atoms with van der Waals surface area (Å²) in [5.74, 6) is 1.44. The van der Waals surface area contributed by atoms with Crippen molar-refractivity contribution in [3.63, 3.8) is 0 Å². The van der Waals surface area contributed by atoms with Gasteiger partial charge in [0.25, 0.3) is 5.88 Å². The third-order valence-corrected chi connectivity index (χ3v) is 4.93. The Labute approximate surface area is 158 Å². The molecule has 7 heteroatoms. The van der Waals surface area contributed by atoms with Crippen molar-refractivity contribution in [3.8, 4) is 5.88 Å². The molecule has 142 valence electrons. The van der Waals surface area contributed by atoms with Gasteiger partial charge in [-0.3, -0.25) is 4.79 Å². The van der Waals surface area contributed by atoms with Crippen LogP contribution in [0.3, 0.4) is 0 Å². The van der Waals surface area contributed by atoms with Crippen LogP contribution in [0.15, 0.2) is 42.7 Å². The van der Waals surface area contributed by atoms with Gasteiger partial charge >= 0.3 is 0 Å². The lowest BCUT2D eigenvalue weighted by Crippen LogP contribution is -2.37. The van der Waals surface area contributed by atoms with Crippen LogP contribution >= 0.6 is 0 Å². The minimum Gasteiger partial charge on any atom is -0.470 e. The minimum absolute atomic E-state index is 0.0544. The summed E-state index contributed by atoms with van der Waals surface area (Å²) in [5, 5.41) is 0. The van der Waals surface area contributed by atoms with Gasteiger partial charge in [-0.25, -0.2) is 9.97 Å². The van der Waals surface area contributed by atoms with Gasteiger partial charge in [0, 0.05) is 38.4 Å². The lowest BCUT2D eigenvalue weighted by atomic mass is 10.1. The lowest BCUT2D eigenvalue weighted by molar-refractivity contribution is -0.129. The number of likely N-dealkylation sites (tertiary alicyclic amines) is 1. The third-order valence-electron chi connectivity index (χ3n) is 4.93. The fraction of sp³-hybridized carbons (Fsp3) is 0.450. The highest BCUT2D eigenvalue weighted by atomic mass is 16.5. The highest BCUT2D eigenvalue weighted by Crippen LogP contribution is 2.26. The molecule has 1 aromatic carbocycles. The summed E-state index contributed by atoms with van der Waals surface area (Å²) in [7, 11) is 0. The fourth-order valence-corrected chi connectivity index (χ4v) is 3.48. The molecule has 0 aliphatic carbocycles. The molecule has 0 spiro atoms. The molecule has 2 saturated heterocycles. The monoisotopic (exact) mass is 368 g/mol. The van der Waals surface area contributed by atoms with Crippen molar-refractivity contribution < 1.29 is 14.3 Å². The largest absolute Gasteiger partial charge is 0.470 e. The zero-order valence-electron chi connectivity index (χ0n) is 15.3. The summed E-state index contributed by atoms with van der Waals surface area (Å²) in [5.41, 5.74) is 1.04. The molecule has 2 aliphatic rings. The van der Waals surface area contributed by atoms with E-state index in [4.69, 9.17) is 9.47 Å². The number of anilines is 1. The normalized spacial score (nSPS) is 19.9. The van der Waals surface area contributed by atoms with Gasteiger partial charge in [-0.05, 0) is 5.56 Å². The second kappa shape index (κ2) is 8.35. The smallest absolute Gasteiger partial charge is 0.257 e. The van der Waals surface area contributed by atoms with E-state index < -0.39 is 0 Å². The first-order chi connectivity index (χ1) is 13.3.